The number of hydrazine groups is 1. The number of unbranched alkanes of at least 4 members (excludes halogenated alkanes) is 3. The third-order valence-corrected chi connectivity index (χ3v) is 2.95. The van der Waals surface area contributed by atoms with Gasteiger partial charge >= 0.3 is 0 Å². The second-order valence-electron chi connectivity index (χ2n) is 4.57. The first-order chi connectivity index (χ1) is 8.69. The van der Waals surface area contributed by atoms with Gasteiger partial charge in [-0.25, -0.2) is 15.8 Å². The van der Waals surface area contributed by atoms with E-state index in [9.17, 15) is 0 Å². The number of nitrogen functional groups attached to an aromatic ring is 1. The third-order valence-electron chi connectivity index (χ3n) is 2.95. The van der Waals surface area contributed by atoms with Crippen molar-refractivity contribution in [2.75, 3.05) is 5.43 Å². The zero-order valence-corrected chi connectivity index (χ0v) is 11.6. The highest BCUT2D eigenvalue weighted by Gasteiger charge is 2.10. The molecule has 0 fully saturated rings. The maximum absolute atomic E-state index is 5.82. The van der Waals surface area contributed by atoms with Crippen LogP contribution in [-0.2, 0) is 0 Å². The van der Waals surface area contributed by atoms with Crippen LogP contribution in [0.25, 0.3) is 0 Å². The molecule has 102 valence electrons. The van der Waals surface area contributed by atoms with Crippen LogP contribution in [0, 0.1) is 6.92 Å². The topological polar surface area (TPSA) is 73.1 Å². The van der Waals surface area contributed by atoms with Crippen molar-refractivity contribution in [3.63, 3.8) is 0 Å². The van der Waals surface area contributed by atoms with E-state index < -0.39 is 0 Å². The lowest BCUT2D eigenvalue weighted by Crippen LogP contribution is -2.16. The van der Waals surface area contributed by atoms with Crippen molar-refractivity contribution in [2.45, 2.75) is 59.0 Å². The summed E-state index contributed by atoms with van der Waals surface area (Å²) in [6.45, 7) is 6.18. The van der Waals surface area contributed by atoms with Gasteiger partial charge in [-0.1, -0.05) is 26.2 Å². The van der Waals surface area contributed by atoms with E-state index in [1.807, 2.05) is 6.92 Å². The standard InChI is InChI=1S/C13H24N4O/c1-4-5-6-7-8-10(2)18-13-11(3)12(17-14)15-9-16-13/h9-10H,4-8,14H2,1-3H3,(H,15,16,17). The van der Waals surface area contributed by atoms with Crippen molar-refractivity contribution in [3.8, 4) is 5.88 Å². The molecule has 5 heteroatoms. The Morgan fingerprint density at radius 1 is 1.33 bits per heavy atom. The highest BCUT2D eigenvalue weighted by Crippen LogP contribution is 2.21. The summed E-state index contributed by atoms with van der Waals surface area (Å²) in [5.41, 5.74) is 3.39. The van der Waals surface area contributed by atoms with E-state index in [4.69, 9.17) is 10.6 Å². The van der Waals surface area contributed by atoms with Crippen molar-refractivity contribution in [1.29, 1.82) is 0 Å². The van der Waals surface area contributed by atoms with Crippen LogP contribution < -0.4 is 16.0 Å². The van der Waals surface area contributed by atoms with E-state index in [0.29, 0.717) is 11.7 Å². The zero-order chi connectivity index (χ0) is 13.4. The molecule has 0 saturated carbocycles. The van der Waals surface area contributed by atoms with Crippen molar-refractivity contribution in [1.82, 2.24) is 9.97 Å². The molecule has 3 N–H and O–H groups in total. The Kier molecular flexibility index (Phi) is 6.43. The highest BCUT2D eigenvalue weighted by atomic mass is 16.5. The van der Waals surface area contributed by atoms with Crippen LogP contribution in [0.1, 0.15) is 51.5 Å². The number of hydrogen-bond acceptors (Lipinski definition) is 5. The normalized spacial score (nSPS) is 12.2. The molecule has 0 aliphatic heterocycles. The molecule has 0 aliphatic carbocycles. The second kappa shape index (κ2) is 7.87. The van der Waals surface area contributed by atoms with Gasteiger partial charge in [0.2, 0.25) is 5.88 Å². The molecular weight excluding hydrogens is 228 g/mol. The predicted octanol–water partition coefficient (Wildman–Crippen LogP) is 2.81. The highest BCUT2D eigenvalue weighted by molar-refractivity contribution is 5.46. The van der Waals surface area contributed by atoms with Crippen LogP contribution >= 0.6 is 0 Å². The fraction of sp³-hybridized carbons (Fsp3) is 0.692. The van der Waals surface area contributed by atoms with Gasteiger partial charge in [0.15, 0.2) is 0 Å². The lowest BCUT2D eigenvalue weighted by Gasteiger charge is -2.16. The van der Waals surface area contributed by atoms with Crippen molar-refractivity contribution in [3.05, 3.63) is 11.9 Å². The van der Waals surface area contributed by atoms with Gasteiger partial charge in [0, 0.05) is 0 Å². The Balaban J connectivity index is 2.46. The number of hydrogen-bond donors (Lipinski definition) is 2. The minimum atomic E-state index is 0.168. The first kappa shape index (κ1) is 14.7. The maximum Gasteiger partial charge on any atom is 0.221 e. The van der Waals surface area contributed by atoms with Gasteiger partial charge in [0.25, 0.3) is 0 Å². The van der Waals surface area contributed by atoms with E-state index >= 15 is 0 Å². The van der Waals surface area contributed by atoms with Crippen LogP contribution in [0.15, 0.2) is 6.33 Å². The average Bonchev–Trinajstić information content (AvgIpc) is 2.37. The van der Waals surface area contributed by atoms with Crippen molar-refractivity contribution < 1.29 is 4.74 Å². The number of nitrogens with zero attached hydrogens (tertiary/aromatic N) is 2. The number of anilines is 1. The third kappa shape index (κ3) is 4.49. The summed E-state index contributed by atoms with van der Waals surface area (Å²) in [4.78, 5) is 8.17. The Morgan fingerprint density at radius 3 is 2.78 bits per heavy atom. The Hall–Kier alpha value is -1.36. The molecule has 1 unspecified atom stereocenters. The summed E-state index contributed by atoms with van der Waals surface area (Å²) in [6.07, 6.45) is 7.69. The summed E-state index contributed by atoms with van der Waals surface area (Å²) >= 11 is 0. The number of ether oxygens (including phenoxy) is 1. The summed E-state index contributed by atoms with van der Waals surface area (Å²) in [5.74, 6) is 6.59. The van der Waals surface area contributed by atoms with Gasteiger partial charge in [-0.15, -0.1) is 0 Å². The van der Waals surface area contributed by atoms with E-state index in [1.54, 1.807) is 0 Å². The average molecular weight is 252 g/mol. The molecule has 0 amide bonds. The van der Waals surface area contributed by atoms with E-state index in [-0.39, 0.29) is 6.10 Å². The molecule has 0 aromatic carbocycles. The molecule has 5 nitrogen and oxygen atoms in total. The van der Waals surface area contributed by atoms with E-state index in [0.717, 1.165) is 12.0 Å². The van der Waals surface area contributed by atoms with Crippen LogP contribution in [0.3, 0.4) is 0 Å². The molecule has 0 radical (unpaired) electrons. The van der Waals surface area contributed by atoms with E-state index in [1.165, 1.54) is 32.0 Å². The first-order valence-electron chi connectivity index (χ1n) is 6.63. The molecule has 0 aliphatic rings. The van der Waals surface area contributed by atoms with E-state index in [2.05, 4.69) is 29.2 Å². The van der Waals surface area contributed by atoms with Gasteiger partial charge in [-0.3, -0.25) is 0 Å². The van der Waals surface area contributed by atoms with Crippen LogP contribution in [-0.4, -0.2) is 16.1 Å². The molecule has 0 spiro atoms. The molecule has 1 heterocycles. The molecule has 18 heavy (non-hydrogen) atoms. The van der Waals surface area contributed by atoms with Gasteiger partial charge in [-0.05, 0) is 26.7 Å². The van der Waals surface area contributed by atoms with Gasteiger partial charge in [0.1, 0.15) is 12.1 Å². The lowest BCUT2D eigenvalue weighted by molar-refractivity contribution is 0.196. The quantitative estimate of drug-likeness (QED) is 0.423. The smallest absolute Gasteiger partial charge is 0.221 e. The molecule has 0 saturated heterocycles. The Bertz CT molecular complexity index is 357. The number of rotatable bonds is 8. The molecule has 1 aromatic heterocycles. The number of aromatic nitrogens is 2. The predicted molar refractivity (Wildman–Crippen MR) is 73.4 cm³/mol. The molecule has 1 atom stereocenters. The van der Waals surface area contributed by atoms with Crippen LogP contribution in [0.5, 0.6) is 5.88 Å². The lowest BCUT2D eigenvalue weighted by atomic mass is 10.1. The minimum absolute atomic E-state index is 0.168. The SMILES string of the molecule is CCCCCCC(C)Oc1ncnc(NN)c1C. The maximum atomic E-state index is 5.82. The molecular formula is C13H24N4O. The van der Waals surface area contributed by atoms with Gasteiger partial charge in [0.05, 0.1) is 11.7 Å². The number of nitrogens with one attached hydrogen (secondary N) is 1. The largest absolute Gasteiger partial charge is 0.474 e. The van der Waals surface area contributed by atoms with Crippen LogP contribution in [0.2, 0.25) is 0 Å². The summed E-state index contributed by atoms with van der Waals surface area (Å²) < 4.78 is 5.82. The zero-order valence-electron chi connectivity index (χ0n) is 11.6. The van der Waals surface area contributed by atoms with Crippen molar-refractivity contribution in [2.24, 2.45) is 5.84 Å². The number of nitrogens with two attached hydrogens (primary N) is 1. The fourth-order valence-electron chi connectivity index (χ4n) is 1.81. The summed E-state index contributed by atoms with van der Waals surface area (Å²) in [7, 11) is 0. The summed E-state index contributed by atoms with van der Waals surface area (Å²) in [5, 5.41) is 0. The van der Waals surface area contributed by atoms with Crippen molar-refractivity contribution >= 4 is 5.82 Å². The van der Waals surface area contributed by atoms with Gasteiger partial charge < -0.3 is 10.2 Å². The van der Waals surface area contributed by atoms with Crippen LogP contribution in [0.4, 0.5) is 5.82 Å². The second-order valence-corrected chi connectivity index (χ2v) is 4.57. The first-order valence-corrected chi connectivity index (χ1v) is 6.63. The fourth-order valence-corrected chi connectivity index (χ4v) is 1.81. The minimum Gasteiger partial charge on any atom is -0.474 e. The molecule has 1 rings (SSSR count). The Morgan fingerprint density at radius 2 is 2.11 bits per heavy atom. The van der Waals surface area contributed by atoms with Gasteiger partial charge in [-0.2, -0.15) is 0 Å². The Labute approximate surface area is 109 Å². The summed E-state index contributed by atoms with van der Waals surface area (Å²) in [6, 6.07) is 0. The monoisotopic (exact) mass is 252 g/mol. The molecule has 1 aromatic rings. The molecule has 0 bridgehead atoms.